The Morgan fingerprint density at radius 2 is 1.40 bits per heavy atom. The third-order valence-electron chi connectivity index (χ3n) is 5.31. The topological polar surface area (TPSA) is 86.9 Å². The van der Waals surface area contributed by atoms with Crippen LogP contribution in [0.3, 0.4) is 0 Å². The molecule has 0 spiro atoms. The number of hydrogen-bond donors (Lipinski definition) is 1. The first-order valence-electron chi connectivity index (χ1n) is 9.70. The molecule has 30 heavy (non-hydrogen) atoms. The van der Waals surface area contributed by atoms with Gasteiger partial charge in [-0.25, -0.2) is 0 Å². The van der Waals surface area contributed by atoms with E-state index in [1.54, 1.807) is 48.5 Å². The Morgan fingerprint density at radius 1 is 0.800 bits per heavy atom. The second kappa shape index (κ2) is 8.24. The van der Waals surface area contributed by atoms with E-state index in [1.165, 1.54) is 6.07 Å². The minimum Gasteiger partial charge on any atom is -0.506 e. The summed E-state index contributed by atoms with van der Waals surface area (Å²) < 4.78 is 0. The van der Waals surface area contributed by atoms with Crippen molar-refractivity contribution >= 4 is 22.8 Å². The van der Waals surface area contributed by atoms with E-state index in [0.717, 1.165) is 5.69 Å². The van der Waals surface area contributed by atoms with Gasteiger partial charge >= 0.3 is 0 Å². The van der Waals surface area contributed by atoms with Gasteiger partial charge in [0.25, 0.3) is 5.69 Å². The van der Waals surface area contributed by atoms with Crippen molar-refractivity contribution < 1.29 is 14.8 Å². The zero-order valence-electron chi connectivity index (χ0n) is 16.3. The number of phenolic OH excluding ortho intramolecular Hbond substituents is 1. The molecule has 3 aromatic rings. The fourth-order valence-electron chi connectivity index (χ4n) is 3.75. The maximum atomic E-state index is 12.7. The molecule has 0 radical (unpaired) electrons. The van der Waals surface area contributed by atoms with Crippen molar-refractivity contribution in [2.45, 2.75) is 0 Å². The van der Waals surface area contributed by atoms with E-state index in [2.05, 4.69) is 4.90 Å². The predicted molar refractivity (Wildman–Crippen MR) is 116 cm³/mol. The normalized spacial score (nSPS) is 13.9. The second-order valence-electron chi connectivity index (χ2n) is 7.12. The van der Waals surface area contributed by atoms with E-state index < -0.39 is 4.92 Å². The average Bonchev–Trinajstić information content (AvgIpc) is 2.79. The number of hydrogen-bond acceptors (Lipinski definition) is 6. The summed E-state index contributed by atoms with van der Waals surface area (Å²) in [7, 11) is 0. The van der Waals surface area contributed by atoms with Crippen LogP contribution in [0.5, 0.6) is 5.75 Å². The highest BCUT2D eigenvalue weighted by atomic mass is 16.6. The van der Waals surface area contributed by atoms with Gasteiger partial charge in [0.2, 0.25) is 0 Å². The van der Waals surface area contributed by atoms with Gasteiger partial charge in [-0.05, 0) is 24.3 Å². The van der Waals surface area contributed by atoms with Crippen LogP contribution in [0.1, 0.15) is 15.9 Å². The van der Waals surface area contributed by atoms with Crippen molar-refractivity contribution in [2.24, 2.45) is 0 Å². The highest BCUT2D eigenvalue weighted by molar-refractivity contribution is 6.09. The van der Waals surface area contributed by atoms with Gasteiger partial charge in [-0.1, -0.05) is 42.5 Å². The molecule has 0 unspecified atom stereocenters. The molecule has 0 aromatic heterocycles. The summed E-state index contributed by atoms with van der Waals surface area (Å²) in [4.78, 5) is 28.0. The highest BCUT2D eigenvalue weighted by Gasteiger charge is 2.26. The number of carbonyl (C=O) groups excluding carboxylic acids is 1. The molecule has 1 heterocycles. The number of aromatic hydroxyl groups is 1. The summed E-state index contributed by atoms with van der Waals surface area (Å²) in [5.74, 6) is -0.0182. The van der Waals surface area contributed by atoms with Gasteiger partial charge in [0, 0.05) is 43.4 Å². The van der Waals surface area contributed by atoms with E-state index in [1.807, 2.05) is 23.1 Å². The fraction of sp³-hybridized carbons (Fsp3) is 0.174. The van der Waals surface area contributed by atoms with Crippen LogP contribution in [0.2, 0.25) is 0 Å². The summed E-state index contributed by atoms with van der Waals surface area (Å²) in [5.41, 5.74) is 1.98. The largest absolute Gasteiger partial charge is 0.506 e. The number of benzene rings is 3. The standard InChI is InChI=1S/C23H21N3O4/c27-22-9-5-4-8-20(22)25-14-12-24(13-15-25)19-11-10-18(16-21(19)26(29)30)23(28)17-6-2-1-3-7-17/h1-11,16,27H,12-15H2. The van der Waals surface area contributed by atoms with Crippen molar-refractivity contribution in [2.75, 3.05) is 36.0 Å². The van der Waals surface area contributed by atoms with Crippen molar-refractivity contribution in [3.05, 3.63) is 94.0 Å². The lowest BCUT2D eigenvalue weighted by atomic mass is 10.0. The summed E-state index contributed by atoms with van der Waals surface area (Å²) in [6, 6.07) is 20.5. The van der Waals surface area contributed by atoms with Gasteiger partial charge < -0.3 is 14.9 Å². The molecule has 0 atom stereocenters. The summed E-state index contributed by atoms with van der Waals surface area (Å²) in [5, 5.41) is 21.8. The number of nitro benzene ring substituents is 1. The van der Waals surface area contributed by atoms with Gasteiger partial charge in [0.1, 0.15) is 11.4 Å². The van der Waals surface area contributed by atoms with E-state index in [-0.39, 0.29) is 17.2 Å². The lowest BCUT2D eigenvalue weighted by Gasteiger charge is -2.37. The Balaban J connectivity index is 1.55. The van der Waals surface area contributed by atoms with Crippen LogP contribution in [-0.2, 0) is 0 Å². The number of anilines is 2. The van der Waals surface area contributed by atoms with Gasteiger partial charge in [0.15, 0.2) is 5.78 Å². The number of nitrogens with zero attached hydrogens (tertiary/aromatic N) is 3. The maximum Gasteiger partial charge on any atom is 0.293 e. The minimum absolute atomic E-state index is 0.0761. The zero-order valence-corrected chi connectivity index (χ0v) is 16.3. The van der Waals surface area contributed by atoms with Crippen LogP contribution in [0.25, 0.3) is 0 Å². The van der Waals surface area contributed by atoms with Crippen LogP contribution in [-0.4, -0.2) is 42.0 Å². The Morgan fingerprint density at radius 3 is 2.03 bits per heavy atom. The highest BCUT2D eigenvalue weighted by Crippen LogP contribution is 2.33. The van der Waals surface area contributed by atoms with Crippen LogP contribution in [0.4, 0.5) is 17.1 Å². The summed E-state index contributed by atoms with van der Waals surface area (Å²) in [6.07, 6.45) is 0. The Labute approximate surface area is 173 Å². The number of piperazine rings is 1. The molecule has 4 rings (SSSR count). The fourth-order valence-corrected chi connectivity index (χ4v) is 3.75. The molecule has 1 saturated heterocycles. The first-order valence-corrected chi connectivity index (χ1v) is 9.70. The molecule has 1 aliphatic rings. The van der Waals surface area contributed by atoms with Gasteiger partial charge in [-0.15, -0.1) is 0 Å². The molecule has 7 nitrogen and oxygen atoms in total. The molecule has 1 N–H and O–H groups in total. The lowest BCUT2D eigenvalue weighted by Crippen LogP contribution is -2.46. The van der Waals surface area contributed by atoms with Crippen molar-refractivity contribution in [1.82, 2.24) is 0 Å². The first kappa shape index (κ1) is 19.4. The average molecular weight is 403 g/mol. The molecule has 0 bridgehead atoms. The van der Waals surface area contributed by atoms with E-state index in [9.17, 15) is 20.0 Å². The SMILES string of the molecule is O=C(c1ccccc1)c1ccc(N2CCN(c3ccccc3O)CC2)c([N+](=O)[O-])c1. The van der Waals surface area contributed by atoms with Crippen molar-refractivity contribution in [3.8, 4) is 5.75 Å². The number of nitro groups is 1. The first-order chi connectivity index (χ1) is 14.5. The molecule has 7 heteroatoms. The quantitative estimate of drug-likeness (QED) is 0.395. The number of para-hydroxylation sites is 2. The molecule has 3 aromatic carbocycles. The zero-order chi connectivity index (χ0) is 21.1. The molecular formula is C23H21N3O4. The van der Waals surface area contributed by atoms with Crippen LogP contribution < -0.4 is 9.80 Å². The molecule has 0 amide bonds. The Kier molecular flexibility index (Phi) is 5.34. The summed E-state index contributed by atoms with van der Waals surface area (Å²) in [6.45, 7) is 2.39. The number of phenols is 1. The predicted octanol–water partition coefficient (Wildman–Crippen LogP) is 3.86. The number of rotatable bonds is 5. The molecular weight excluding hydrogens is 382 g/mol. The third kappa shape index (κ3) is 3.82. The summed E-state index contributed by atoms with van der Waals surface area (Å²) >= 11 is 0. The second-order valence-corrected chi connectivity index (χ2v) is 7.12. The number of carbonyl (C=O) groups is 1. The Bertz CT molecular complexity index is 1080. The van der Waals surface area contributed by atoms with Gasteiger partial charge in [-0.3, -0.25) is 14.9 Å². The van der Waals surface area contributed by atoms with Gasteiger partial charge in [-0.2, -0.15) is 0 Å². The van der Waals surface area contributed by atoms with E-state index in [4.69, 9.17) is 0 Å². The Hall–Kier alpha value is -3.87. The van der Waals surface area contributed by atoms with Crippen molar-refractivity contribution in [1.29, 1.82) is 0 Å². The molecule has 1 fully saturated rings. The van der Waals surface area contributed by atoms with Crippen LogP contribution in [0.15, 0.2) is 72.8 Å². The van der Waals surface area contributed by atoms with Crippen LogP contribution in [0, 0.1) is 10.1 Å². The van der Waals surface area contributed by atoms with Crippen LogP contribution >= 0.6 is 0 Å². The lowest BCUT2D eigenvalue weighted by molar-refractivity contribution is -0.384. The third-order valence-corrected chi connectivity index (χ3v) is 5.31. The molecule has 1 aliphatic heterocycles. The molecule has 0 saturated carbocycles. The maximum absolute atomic E-state index is 12.7. The van der Waals surface area contributed by atoms with Crippen molar-refractivity contribution in [3.63, 3.8) is 0 Å². The molecule has 0 aliphatic carbocycles. The number of ketones is 1. The van der Waals surface area contributed by atoms with Gasteiger partial charge in [0.05, 0.1) is 10.6 Å². The molecule has 152 valence electrons. The smallest absolute Gasteiger partial charge is 0.293 e. The minimum atomic E-state index is -0.438. The van der Waals surface area contributed by atoms with E-state index in [0.29, 0.717) is 43.0 Å². The monoisotopic (exact) mass is 403 g/mol. The van der Waals surface area contributed by atoms with E-state index >= 15 is 0 Å².